The molecule has 2 rings (SSSR count). The third-order valence-corrected chi connectivity index (χ3v) is 3.31. The molecule has 0 saturated heterocycles. The predicted molar refractivity (Wildman–Crippen MR) is 74.0 cm³/mol. The Kier molecular flexibility index (Phi) is 3.64. The molecule has 1 aromatic carbocycles. The van der Waals surface area contributed by atoms with E-state index in [4.69, 9.17) is 5.73 Å². The Labute approximate surface area is 111 Å². The van der Waals surface area contributed by atoms with Crippen LogP contribution in [0.25, 0.3) is 0 Å². The van der Waals surface area contributed by atoms with E-state index in [-0.39, 0.29) is 19.1 Å². The van der Waals surface area contributed by atoms with E-state index >= 15 is 0 Å². The van der Waals surface area contributed by atoms with Gasteiger partial charge in [-0.3, -0.25) is 4.79 Å². The van der Waals surface area contributed by atoms with Crippen LogP contribution in [-0.4, -0.2) is 34.9 Å². The number of rotatable bonds is 4. The number of carbonyl (C=O) groups is 1. The second-order valence-electron chi connectivity index (χ2n) is 5.15. The number of hydrogen-bond donors (Lipinski definition) is 5. The van der Waals surface area contributed by atoms with Crippen LogP contribution in [0.4, 0.5) is 17.1 Å². The standard InChI is InChI=1S/C13H19N3O3/c1-13(6-17,7-18)16-11-4-8-2-3-12(19)15-10(8)5-9(11)14/h4-5,16-18H,2-3,6-7,14H2,1H3,(H,15,19). The second-order valence-corrected chi connectivity index (χ2v) is 5.15. The summed E-state index contributed by atoms with van der Waals surface area (Å²) >= 11 is 0. The monoisotopic (exact) mass is 265 g/mol. The summed E-state index contributed by atoms with van der Waals surface area (Å²) in [5, 5.41) is 24.4. The molecule has 6 heteroatoms. The van der Waals surface area contributed by atoms with E-state index in [0.717, 1.165) is 11.3 Å². The molecule has 1 aliphatic rings. The molecule has 0 spiro atoms. The zero-order chi connectivity index (χ0) is 14.0. The van der Waals surface area contributed by atoms with Crippen molar-refractivity contribution in [3.05, 3.63) is 17.7 Å². The molecule has 0 bridgehead atoms. The molecule has 19 heavy (non-hydrogen) atoms. The molecule has 1 heterocycles. The summed E-state index contributed by atoms with van der Waals surface area (Å²) in [5.74, 6) is -0.0110. The topological polar surface area (TPSA) is 108 Å². The minimum absolute atomic E-state index is 0.0110. The third-order valence-electron chi connectivity index (χ3n) is 3.31. The smallest absolute Gasteiger partial charge is 0.224 e. The van der Waals surface area contributed by atoms with E-state index in [9.17, 15) is 15.0 Å². The Morgan fingerprint density at radius 3 is 2.68 bits per heavy atom. The largest absolute Gasteiger partial charge is 0.397 e. The number of amides is 1. The molecular formula is C13H19N3O3. The van der Waals surface area contributed by atoms with Gasteiger partial charge in [0, 0.05) is 12.1 Å². The van der Waals surface area contributed by atoms with Crippen LogP contribution >= 0.6 is 0 Å². The number of fused-ring (bicyclic) bond motifs is 1. The SMILES string of the molecule is CC(CO)(CO)Nc1cc2c(cc1N)NC(=O)CC2. The van der Waals surface area contributed by atoms with E-state index in [1.807, 2.05) is 6.07 Å². The number of carbonyl (C=O) groups excluding carboxylic acids is 1. The zero-order valence-corrected chi connectivity index (χ0v) is 10.9. The second kappa shape index (κ2) is 5.07. The maximum absolute atomic E-state index is 11.3. The van der Waals surface area contributed by atoms with Crippen LogP contribution in [0.5, 0.6) is 0 Å². The molecule has 0 fully saturated rings. The highest BCUT2D eigenvalue weighted by atomic mass is 16.3. The summed E-state index contributed by atoms with van der Waals surface area (Å²) in [6, 6.07) is 3.55. The fourth-order valence-corrected chi connectivity index (χ4v) is 2.01. The highest BCUT2D eigenvalue weighted by Gasteiger charge is 2.24. The maximum atomic E-state index is 11.3. The zero-order valence-electron chi connectivity index (χ0n) is 10.9. The first-order chi connectivity index (χ1) is 8.97. The van der Waals surface area contributed by atoms with Crippen LogP contribution in [0.2, 0.25) is 0 Å². The van der Waals surface area contributed by atoms with Crippen LogP contribution in [-0.2, 0) is 11.2 Å². The fourth-order valence-electron chi connectivity index (χ4n) is 2.01. The van der Waals surface area contributed by atoms with Gasteiger partial charge in [-0.05, 0) is 31.0 Å². The molecule has 1 aliphatic heterocycles. The first-order valence-electron chi connectivity index (χ1n) is 6.19. The molecule has 0 unspecified atom stereocenters. The first-order valence-corrected chi connectivity index (χ1v) is 6.19. The Balaban J connectivity index is 2.30. The summed E-state index contributed by atoms with van der Waals surface area (Å²) < 4.78 is 0. The molecular weight excluding hydrogens is 246 g/mol. The van der Waals surface area contributed by atoms with Crippen molar-refractivity contribution in [1.82, 2.24) is 0 Å². The van der Waals surface area contributed by atoms with Gasteiger partial charge in [0.15, 0.2) is 0 Å². The Hall–Kier alpha value is -1.79. The minimum Gasteiger partial charge on any atom is -0.397 e. The van der Waals surface area contributed by atoms with Gasteiger partial charge in [-0.15, -0.1) is 0 Å². The number of aliphatic hydroxyl groups excluding tert-OH is 2. The molecule has 1 aromatic rings. The molecule has 0 radical (unpaired) electrons. The number of benzene rings is 1. The first kappa shape index (κ1) is 13.6. The number of anilines is 3. The number of aliphatic hydroxyl groups is 2. The van der Waals surface area contributed by atoms with Crippen molar-refractivity contribution in [3.63, 3.8) is 0 Å². The van der Waals surface area contributed by atoms with Gasteiger partial charge >= 0.3 is 0 Å². The Bertz CT molecular complexity index is 498. The summed E-state index contributed by atoms with van der Waals surface area (Å²) in [5.41, 5.74) is 7.94. The quantitative estimate of drug-likeness (QED) is 0.504. The lowest BCUT2D eigenvalue weighted by atomic mass is 9.99. The van der Waals surface area contributed by atoms with E-state index in [1.54, 1.807) is 13.0 Å². The number of nitrogen functional groups attached to an aromatic ring is 1. The van der Waals surface area contributed by atoms with Crippen molar-refractivity contribution < 1.29 is 15.0 Å². The van der Waals surface area contributed by atoms with Crippen LogP contribution in [0.15, 0.2) is 12.1 Å². The molecule has 0 atom stereocenters. The number of nitrogens with one attached hydrogen (secondary N) is 2. The predicted octanol–water partition coefficient (Wildman–Crippen LogP) is 0.309. The van der Waals surface area contributed by atoms with Gasteiger partial charge in [-0.2, -0.15) is 0 Å². The maximum Gasteiger partial charge on any atom is 0.224 e. The van der Waals surface area contributed by atoms with Crippen LogP contribution < -0.4 is 16.4 Å². The molecule has 6 nitrogen and oxygen atoms in total. The number of aryl methyl sites for hydroxylation is 1. The van der Waals surface area contributed by atoms with E-state index < -0.39 is 5.54 Å². The van der Waals surface area contributed by atoms with E-state index in [0.29, 0.717) is 24.2 Å². The number of hydrogen-bond acceptors (Lipinski definition) is 5. The average Bonchev–Trinajstić information content (AvgIpc) is 2.40. The van der Waals surface area contributed by atoms with Crippen molar-refractivity contribution in [2.45, 2.75) is 25.3 Å². The van der Waals surface area contributed by atoms with Gasteiger partial charge in [0.25, 0.3) is 0 Å². The van der Waals surface area contributed by atoms with Gasteiger partial charge in [0.1, 0.15) is 0 Å². The van der Waals surface area contributed by atoms with Gasteiger partial charge in [0.2, 0.25) is 5.91 Å². The van der Waals surface area contributed by atoms with E-state index in [2.05, 4.69) is 10.6 Å². The fraction of sp³-hybridized carbons (Fsp3) is 0.462. The van der Waals surface area contributed by atoms with Gasteiger partial charge < -0.3 is 26.6 Å². The van der Waals surface area contributed by atoms with Crippen LogP contribution in [0.1, 0.15) is 18.9 Å². The molecule has 0 saturated carbocycles. The molecule has 6 N–H and O–H groups in total. The van der Waals surface area contributed by atoms with Crippen molar-refractivity contribution >= 4 is 23.0 Å². The Morgan fingerprint density at radius 2 is 2.05 bits per heavy atom. The Morgan fingerprint density at radius 1 is 1.37 bits per heavy atom. The third kappa shape index (κ3) is 2.80. The minimum atomic E-state index is -0.833. The summed E-state index contributed by atoms with van der Waals surface area (Å²) in [6.45, 7) is 1.28. The summed E-state index contributed by atoms with van der Waals surface area (Å²) in [7, 11) is 0. The molecule has 104 valence electrons. The van der Waals surface area contributed by atoms with Gasteiger partial charge in [-0.1, -0.05) is 0 Å². The lowest BCUT2D eigenvalue weighted by Gasteiger charge is -2.29. The van der Waals surface area contributed by atoms with E-state index in [1.165, 1.54) is 0 Å². The van der Waals surface area contributed by atoms with Gasteiger partial charge in [-0.25, -0.2) is 0 Å². The summed E-state index contributed by atoms with van der Waals surface area (Å²) in [4.78, 5) is 11.3. The van der Waals surface area contributed by atoms with Crippen LogP contribution in [0, 0.1) is 0 Å². The lowest BCUT2D eigenvalue weighted by Crippen LogP contribution is -2.42. The van der Waals surface area contributed by atoms with Crippen molar-refractivity contribution in [2.24, 2.45) is 0 Å². The highest BCUT2D eigenvalue weighted by molar-refractivity contribution is 5.95. The average molecular weight is 265 g/mol. The van der Waals surface area contributed by atoms with Gasteiger partial charge in [0.05, 0.1) is 30.1 Å². The van der Waals surface area contributed by atoms with Crippen molar-refractivity contribution in [3.8, 4) is 0 Å². The highest BCUT2D eigenvalue weighted by Crippen LogP contribution is 2.32. The summed E-state index contributed by atoms with van der Waals surface area (Å²) in [6.07, 6.45) is 1.11. The number of nitrogens with two attached hydrogens (primary N) is 1. The normalized spacial score (nSPS) is 14.8. The van der Waals surface area contributed by atoms with Crippen molar-refractivity contribution in [2.75, 3.05) is 29.6 Å². The molecule has 0 aliphatic carbocycles. The molecule has 0 aromatic heterocycles. The molecule has 1 amide bonds. The van der Waals surface area contributed by atoms with Crippen molar-refractivity contribution in [1.29, 1.82) is 0 Å². The van der Waals surface area contributed by atoms with Crippen LogP contribution in [0.3, 0.4) is 0 Å². The lowest BCUT2D eigenvalue weighted by molar-refractivity contribution is -0.116.